The third-order valence-electron chi connectivity index (χ3n) is 2.00. The van der Waals surface area contributed by atoms with Crippen LogP contribution in [0.1, 0.15) is 12.8 Å². The van der Waals surface area contributed by atoms with Gasteiger partial charge in [-0.2, -0.15) is 0 Å². The quantitative estimate of drug-likeness (QED) is 0.684. The molecular weight excluding hydrogens is 183 g/mol. The summed E-state index contributed by atoms with van der Waals surface area (Å²) in [6, 6.07) is 0.777. The molecule has 1 atom stereocenters. The molecule has 0 radical (unpaired) electrons. The van der Waals surface area contributed by atoms with Gasteiger partial charge in [0, 0.05) is 12.6 Å². The normalized spacial score (nSPS) is 23.7. The molecular formula is C7H18Cl2N2. The lowest BCUT2D eigenvalue weighted by molar-refractivity contribution is 0.242. The zero-order valence-corrected chi connectivity index (χ0v) is 8.80. The van der Waals surface area contributed by atoms with Crippen LogP contribution in [-0.2, 0) is 0 Å². The van der Waals surface area contributed by atoms with Gasteiger partial charge in [-0.3, -0.25) is 0 Å². The Morgan fingerprint density at radius 2 is 1.91 bits per heavy atom. The van der Waals surface area contributed by atoms with Crippen LogP contribution in [0.25, 0.3) is 0 Å². The molecule has 70 valence electrons. The highest BCUT2D eigenvalue weighted by Crippen LogP contribution is 2.05. The lowest BCUT2D eigenvalue weighted by Gasteiger charge is -2.28. The first kappa shape index (κ1) is 14.0. The number of rotatable bonds is 1. The minimum absolute atomic E-state index is 0. The number of hydrogen-bond acceptors (Lipinski definition) is 2. The van der Waals surface area contributed by atoms with E-state index in [0.29, 0.717) is 0 Å². The van der Waals surface area contributed by atoms with Gasteiger partial charge in [-0.1, -0.05) is 0 Å². The van der Waals surface area contributed by atoms with Gasteiger partial charge in [0.1, 0.15) is 0 Å². The SMILES string of the molecule is CN(C)[C@H]1CCCNC1.Cl.Cl. The molecule has 0 saturated carbocycles. The third kappa shape index (κ3) is 4.86. The van der Waals surface area contributed by atoms with Crippen LogP contribution in [0.3, 0.4) is 0 Å². The van der Waals surface area contributed by atoms with Gasteiger partial charge in [-0.05, 0) is 33.5 Å². The van der Waals surface area contributed by atoms with Gasteiger partial charge in [-0.15, -0.1) is 24.8 Å². The van der Waals surface area contributed by atoms with E-state index in [4.69, 9.17) is 0 Å². The van der Waals surface area contributed by atoms with Crippen molar-refractivity contribution >= 4 is 24.8 Å². The summed E-state index contributed by atoms with van der Waals surface area (Å²) in [7, 11) is 4.30. The second-order valence-electron chi connectivity index (χ2n) is 2.96. The van der Waals surface area contributed by atoms with Crippen LogP contribution in [-0.4, -0.2) is 38.1 Å². The second kappa shape index (κ2) is 7.17. The van der Waals surface area contributed by atoms with Gasteiger partial charge in [0.2, 0.25) is 0 Å². The van der Waals surface area contributed by atoms with Gasteiger partial charge in [0.15, 0.2) is 0 Å². The summed E-state index contributed by atoms with van der Waals surface area (Å²) >= 11 is 0. The Hall–Kier alpha value is 0.500. The van der Waals surface area contributed by atoms with Crippen LogP contribution in [0.5, 0.6) is 0 Å². The summed E-state index contributed by atoms with van der Waals surface area (Å²) in [5, 5.41) is 3.37. The van der Waals surface area contributed by atoms with Crippen molar-refractivity contribution in [1.82, 2.24) is 10.2 Å². The number of nitrogens with zero attached hydrogens (tertiary/aromatic N) is 1. The maximum absolute atomic E-state index is 3.37. The lowest BCUT2D eigenvalue weighted by Crippen LogP contribution is -2.42. The molecule has 0 aromatic rings. The summed E-state index contributed by atoms with van der Waals surface area (Å²) in [6.45, 7) is 2.39. The fourth-order valence-electron chi connectivity index (χ4n) is 1.27. The zero-order chi connectivity index (χ0) is 6.69. The van der Waals surface area contributed by atoms with Crippen molar-refractivity contribution in [3.8, 4) is 0 Å². The number of hydrogen-bond donors (Lipinski definition) is 1. The highest BCUT2D eigenvalue weighted by molar-refractivity contribution is 5.85. The number of piperidine rings is 1. The van der Waals surface area contributed by atoms with Crippen molar-refractivity contribution < 1.29 is 0 Å². The fraction of sp³-hybridized carbons (Fsp3) is 1.00. The molecule has 0 aliphatic carbocycles. The molecule has 1 saturated heterocycles. The van der Waals surface area contributed by atoms with Crippen molar-refractivity contribution in [1.29, 1.82) is 0 Å². The standard InChI is InChI=1S/C7H16N2.2ClH/c1-9(2)7-4-3-5-8-6-7;;/h7-8H,3-6H2,1-2H3;2*1H/t7-;;/m0../s1. The molecule has 0 aromatic heterocycles. The van der Waals surface area contributed by atoms with Crippen LogP contribution < -0.4 is 5.32 Å². The van der Waals surface area contributed by atoms with Gasteiger partial charge in [-0.25, -0.2) is 0 Å². The molecule has 0 aromatic carbocycles. The molecule has 0 bridgehead atoms. The number of halogens is 2. The highest BCUT2D eigenvalue weighted by Gasteiger charge is 2.13. The predicted octanol–water partition coefficient (Wildman–Crippen LogP) is 1.14. The van der Waals surface area contributed by atoms with Crippen LogP contribution in [0.15, 0.2) is 0 Å². The minimum atomic E-state index is 0. The Labute approximate surface area is 81.5 Å². The molecule has 0 amide bonds. The summed E-state index contributed by atoms with van der Waals surface area (Å²) in [5.74, 6) is 0. The smallest absolute Gasteiger partial charge is 0.0215 e. The minimum Gasteiger partial charge on any atom is -0.315 e. The van der Waals surface area contributed by atoms with Crippen molar-refractivity contribution in [3.63, 3.8) is 0 Å². The van der Waals surface area contributed by atoms with E-state index >= 15 is 0 Å². The van der Waals surface area contributed by atoms with E-state index in [1.165, 1.54) is 25.9 Å². The van der Waals surface area contributed by atoms with E-state index in [-0.39, 0.29) is 24.8 Å². The van der Waals surface area contributed by atoms with Crippen molar-refractivity contribution in [2.75, 3.05) is 27.2 Å². The molecule has 0 unspecified atom stereocenters. The average molecular weight is 201 g/mol. The van der Waals surface area contributed by atoms with E-state index in [1.807, 2.05) is 0 Å². The van der Waals surface area contributed by atoms with E-state index in [0.717, 1.165) is 6.04 Å². The molecule has 4 heteroatoms. The molecule has 1 N–H and O–H groups in total. The lowest BCUT2D eigenvalue weighted by atomic mass is 10.1. The third-order valence-corrected chi connectivity index (χ3v) is 2.00. The highest BCUT2D eigenvalue weighted by atomic mass is 35.5. The monoisotopic (exact) mass is 200 g/mol. The first-order valence-electron chi connectivity index (χ1n) is 3.68. The van der Waals surface area contributed by atoms with Gasteiger partial charge >= 0.3 is 0 Å². The maximum atomic E-state index is 3.37. The molecule has 0 spiro atoms. The van der Waals surface area contributed by atoms with Crippen LogP contribution in [0.4, 0.5) is 0 Å². The van der Waals surface area contributed by atoms with Gasteiger partial charge < -0.3 is 10.2 Å². The van der Waals surface area contributed by atoms with Crippen LogP contribution in [0.2, 0.25) is 0 Å². The van der Waals surface area contributed by atoms with E-state index < -0.39 is 0 Å². The summed E-state index contributed by atoms with van der Waals surface area (Å²) in [4.78, 5) is 2.30. The molecule has 11 heavy (non-hydrogen) atoms. The predicted molar refractivity (Wildman–Crippen MR) is 54.1 cm³/mol. The molecule has 1 rings (SSSR count). The van der Waals surface area contributed by atoms with Crippen LogP contribution >= 0.6 is 24.8 Å². The van der Waals surface area contributed by atoms with E-state index in [1.54, 1.807) is 0 Å². The van der Waals surface area contributed by atoms with Crippen molar-refractivity contribution in [2.24, 2.45) is 0 Å². The molecule has 1 aliphatic heterocycles. The number of nitrogens with one attached hydrogen (secondary N) is 1. The Balaban J connectivity index is 0. The van der Waals surface area contributed by atoms with Gasteiger partial charge in [0.05, 0.1) is 0 Å². The second-order valence-corrected chi connectivity index (χ2v) is 2.96. The van der Waals surface area contributed by atoms with Crippen molar-refractivity contribution in [2.45, 2.75) is 18.9 Å². The molecule has 2 nitrogen and oxygen atoms in total. The Kier molecular flexibility index (Phi) is 9.15. The fourth-order valence-corrected chi connectivity index (χ4v) is 1.27. The summed E-state index contributed by atoms with van der Waals surface area (Å²) < 4.78 is 0. The Morgan fingerprint density at radius 3 is 2.18 bits per heavy atom. The first-order chi connectivity index (χ1) is 4.30. The van der Waals surface area contributed by atoms with E-state index in [2.05, 4.69) is 24.3 Å². The summed E-state index contributed by atoms with van der Waals surface area (Å²) in [6.07, 6.45) is 2.70. The van der Waals surface area contributed by atoms with E-state index in [9.17, 15) is 0 Å². The zero-order valence-electron chi connectivity index (χ0n) is 7.17. The van der Waals surface area contributed by atoms with Crippen LogP contribution in [0, 0.1) is 0 Å². The molecule has 1 aliphatic rings. The summed E-state index contributed by atoms with van der Waals surface area (Å²) in [5.41, 5.74) is 0. The first-order valence-corrected chi connectivity index (χ1v) is 3.68. The maximum Gasteiger partial charge on any atom is 0.0215 e. The van der Waals surface area contributed by atoms with Gasteiger partial charge in [0.25, 0.3) is 0 Å². The molecule has 1 fully saturated rings. The number of likely N-dealkylation sites (N-methyl/N-ethyl adjacent to an activating group) is 1. The molecule has 1 heterocycles. The Morgan fingerprint density at radius 1 is 1.27 bits per heavy atom. The topological polar surface area (TPSA) is 15.3 Å². The van der Waals surface area contributed by atoms with Crippen molar-refractivity contribution in [3.05, 3.63) is 0 Å². The largest absolute Gasteiger partial charge is 0.315 e. The Bertz CT molecular complexity index is 82.5. The average Bonchev–Trinajstić information content (AvgIpc) is 1.90.